The number of halogens is 1. The van der Waals surface area contributed by atoms with Crippen LogP contribution in [0.15, 0.2) is 18.2 Å². The lowest BCUT2D eigenvalue weighted by atomic mass is 10.2. The molecule has 0 aliphatic rings. The summed E-state index contributed by atoms with van der Waals surface area (Å²) in [5.41, 5.74) is -0.262. The Morgan fingerprint density at radius 3 is 2.60 bits per heavy atom. The molecule has 0 aliphatic heterocycles. The average molecular weight is 283 g/mol. The van der Waals surface area contributed by atoms with Gasteiger partial charge in [0.2, 0.25) is 0 Å². The van der Waals surface area contributed by atoms with E-state index in [-0.39, 0.29) is 17.3 Å². The Kier molecular flexibility index (Phi) is 5.45. The molecule has 0 fully saturated rings. The molecule has 0 saturated carbocycles. The zero-order valence-electron chi connectivity index (χ0n) is 11.6. The van der Waals surface area contributed by atoms with Gasteiger partial charge in [-0.25, -0.2) is 14.0 Å². The van der Waals surface area contributed by atoms with Crippen molar-refractivity contribution in [3.8, 4) is 0 Å². The summed E-state index contributed by atoms with van der Waals surface area (Å²) in [6, 6.07) is 2.50. The fourth-order valence-corrected chi connectivity index (χ4v) is 1.73. The number of urea groups is 1. The van der Waals surface area contributed by atoms with Crippen LogP contribution < -0.4 is 10.6 Å². The number of aromatic carboxylic acids is 1. The minimum absolute atomic E-state index is 0.0944. The number of carbonyl (C=O) groups is 2. The van der Waals surface area contributed by atoms with Gasteiger partial charge < -0.3 is 20.6 Å². The Hall–Kier alpha value is -2.15. The average Bonchev–Trinajstić information content (AvgIpc) is 2.30. The topological polar surface area (TPSA) is 81.7 Å². The molecule has 0 aliphatic carbocycles. The van der Waals surface area contributed by atoms with Crippen LogP contribution in [0.5, 0.6) is 0 Å². The highest BCUT2D eigenvalue weighted by atomic mass is 19.1. The molecule has 1 atom stereocenters. The van der Waals surface area contributed by atoms with Crippen LogP contribution in [-0.2, 0) is 0 Å². The smallest absolute Gasteiger partial charge is 0.335 e. The molecule has 0 bridgehead atoms. The molecule has 0 aromatic heterocycles. The van der Waals surface area contributed by atoms with E-state index in [1.54, 1.807) is 0 Å². The van der Waals surface area contributed by atoms with Crippen molar-refractivity contribution in [3.63, 3.8) is 0 Å². The van der Waals surface area contributed by atoms with Crippen molar-refractivity contribution in [1.29, 1.82) is 0 Å². The highest BCUT2D eigenvalue weighted by molar-refractivity contribution is 5.93. The van der Waals surface area contributed by atoms with E-state index in [0.29, 0.717) is 6.54 Å². The SMILES string of the molecule is CC(CN(C)C)NC(=O)Nc1cc(C(=O)O)ccc1F. The number of carboxylic acid groups (broad SMARTS) is 1. The predicted molar refractivity (Wildman–Crippen MR) is 73.5 cm³/mol. The van der Waals surface area contributed by atoms with Gasteiger partial charge in [-0.3, -0.25) is 0 Å². The van der Waals surface area contributed by atoms with Crippen molar-refractivity contribution in [2.45, 2.75) is 13.0 Å². The lowest BCUT2D eigenvalue weighted by Gasteiger charge is -2.18. The third-order valence-corrected chi connectivity index (χ3v) is 2.48. The highest BCUT2D eigenvalue weighted by Crippen LogP contribution is 2.16. The molecule has 0 radical (unpaired) electrons. The third kappa shape index (κ3) is 4.85. The number of nitrogens with one attached hydrogen (secondary N) is 2. The monoisotopic (exact) mass is 283 g/mol. The molecule has 0 saturated heterocycles. The first-order valence-electron chi connectivity index (χ1n) is 6.04. The summed E-state index contributed by atoms with van der Waals surface area (Å²) >= 11 is 0. The second-order valence-electron chi connectivity index (χ2n) is 4.76. The maximum absolute atomic E-state index is 13.5. The lowest BCUT2D eigenvalue weighted by Crippen LogP contribution is -2.41. The second-order valence-corrected chi connectivity index (χ2v) is 4.76. The molecule has 7 heteroatoms. The maximum Gasteiger partial charge on any atom is 0.335 e. The summed E-state index contributed by atoms with van der Waals surface area (Å²) in [7, 11) is 3.73. The molecular formula is C13H18FN3O3. The van der Waals surface area contributed by atoms with Crippen LogP contribution in [0.4, 0.5) is 14.9 Å². The van der Waals surface area contributed by atoms with Crippen molar-refractivity contribution in [1.82, 2.24) is 10.2 Å². The minimum Gasteiger partial charge on any atom is -0.478 e. The van der Waals surface area contributed by atoms with E-state index in [0.717, 1.165) is 18.2 Å². The van der Waals surface area contributed by atoms with Crippen LogP contribution in [-0.4, -0.2) is 48.7 Å². The summed E-state index contributed by atoms with van der Waals surface area (Å²) in [5.74, 6) is -1.88. The summed E-state index contributed by atoms with van der Waals surface area (Å²) in [6.45, 7) is 2.44. The number of carbonyl (C=O) groups excluding carboxylic acids is 1. The molecule has 110 valence electrons. The van der Waals surface area contributed by atoms with E-state index in [4.69, 9.17) is 5.11 Å². The van der Waals surface area contributed by atoms with Crippen LogP contribution in [0.25, 0.3) is 0 Å². The fraction of sp³-hybridized carbons (Fsp3) is 0.385. The van der Waals surface area contributed by atoms with E-state index in [1.807, 2.05) is 25.9 Å². The fourth-order valence-electron chi connectivity index (χ4n) is 1.73. The molecule has 0 spiro atoms. The molecular weight excluding hydrogens is 265 g/mol. The number of hydrogen-bond donors (Lipinski definition) is 3. The first-order valence-corrected chi connectivity index (χ1v) is 6.04. The number of likely N-dealkylation sites (N-methyl/N-ethyl adjacent to an activating group) is 1. The van der Waals surface area contributed by atoms with Crippen molar-refractivity contribution >= 4 is 17.7 Å². The summed E-state index contributed by atoms with van der Waals surface area (Å²) < 4.78 is 13.5. The van der Waals surface area contributed by atoms with Crippen LogP contribution in [0.3, 0.4) is 0 Å². The van der Waals surface area contributed by atoms with Gasteiger partial charge in [-0.2, -0.15) is 0 Å². The number of amides is 2. The van der Waals surface area contributed by atoms with Gasteiger partial charge in [0.1, 0.15) is 5.82 Å². The number of nitrogens with zero attached hydrogens (tertiary/aromatic N) is 1. The van der Waals surface area contributed by atoms with Crippen LogP contribution >= 0.6 is 0 Å². The van der Waals surface area contributed by atoms with E-state index < -0.39 is 17.8 Å². The van der Waals surface area contributed by atoms with Crippen molar-refractivity contribution in [3.05, 3.63) is 29.6 Å². The normalized spacial score (nSPS) is 12.1. The number of anilines is 1. The van der Waals surface area contributed by atoms with E-state index in [2.05, 4.69) is 10.6 Å². The molecule has 20 heavy (non-hydrogen) atoms. The molecule has 1 rings (SSSR count). The van der Waals surface area contributed by atoms with Crippen LogP contribution in [0.1, 0.15) is 17.3 Å². The minimum atomic E-state index is -1.19. The molecule has 1 aromatic rings. The summed E-state index contributed by atoms with van der Waals surface area (Å²) in [5, 5.41) is 13.8. The van der Waals surface area contributed by atoms with Gasteiger partial charge in [-0.15, -0.1) is 0 Å². The van der Waals surface area contributed by atoms with Gasteiger partial charge in [0.05, 0.1) is 11.3 Å². The van der Waals surface area contributed by atoms with Gasteiger partial charge in [0.15, 0.2) is 0 Å². The first-order chi connectivity index (χ1) is 9.29. The van der Waals surface area contributed by atoms with Gasteiger partial charge in [0, 0.05) is 12.6 Å². The zero-order valence-corrected chi connectivity index (χ0v) is 11.6. The quantitative estimate of drug-likeness (QED) is 0.766. The first kappa shape index (κ1) is 15.9. The van der Waals surface area contributed by atoms with Crippen LogP contribution in [0.2, 0.25) is 0 Å². The van der Waals surface area contributed by atoms with Gasteiger partial charge in [-0.1, -0.05) is 0 Å². The molecule has 0 heterocycles. The van der Waals surface area contributed by atoms with Crippen molar-refractivity contribution in [2.24, 2.45) is 0 Å². The second kappa shape index (κ2) is 6.85. The van der Waals surface area contributed by atoms with Crippen molar-refractivity contribution in [2.75, 3.05) is 26.0 Å². The number of benzene rings is 1. The number of carboxylic acids is 1. The molecule has 6 nitrogen and oxygen atoms in total. The number of hydrogen-bond acceptors (Lipinski definition) is 3. The summed E-state index contributed by atoms with van der Waals surface area (Å²) in [6.07, 6.45) is 0. The van der Waals surface area contributed by atoms with Gasteiger partial charge >= 0.3 is 12.0 Å². The van der Waals surface area contributed by atoms with E-state index in [9.17, 15) is 14.0 Å². The number of rotatable bonds is 5. The Morgan fingerprint density at radius 2 is 2.05 bits per heavy atom. The largest absolute Gasteiger partial charge is 0.478 e. The van der Waals surface area contributed by atoms with Crippen molar-refractivity contribution < 1.29 is 19.1 Å². The Labute approximate surface area is 116 Å². The van der Waals surface area contributed by atoms with Gasteiger partial charge in [-0.05, 0) is 39.2 Å². The lowest BCUT2D eigenvalue weighted by molar-refractivity contribution is 0.0697. The Balaban J connectivity index is 2.70. The summed E-state index contributed by atoms with van der Waals surface area (Å²) in [4.78, 5) is 24.4. The van der Waals surface area contributed by atoms with E-state index in [1.165, 1.54) is 0 Å². The predicted octanol–water partition coefficient (Wildman–Crippen LogP) is 1.60. The third-order valence-electron chi connectivity index (χ3n) is 2.48. The van der Waals surface area contributed by atoms with Gasteiger partial charge in [0.25, 0.3) is 0 Å². The van der Waals surface area contributed by atoms with Crippen LogP contribution in [0, 0.1) is 5.82 Å². The molecule has 1 aromatic carbocycles. The van der Waals surface area contributed by atoms with E-state index >= 15 is 0 Å². The zero-order chi connectivity index (χ0) is 15.3. The standard InChI is InChI=1S/C13H18FN3O3/c1-8(7-17(2)3)15-13(20)16-11-6-9(12(18)19)4-5-10(11)14/h4-6,8H,7H2,1-3H3,(H,18,19)(H2,15,16,20). The molecule has 2 amide bonds. The maximum atomic E-state index is 13.5. The Bertz CT molecular complexity index is 506. The Morgan fingerprint density at radius 1 is 1.40 bits per heavy atom. The highest BCUT2D eigenvalue weighted by Gasteiger charge is 2.12. The molecule has 1 unspecified atom stereocenters. The molecule has 3 N–H and O–H groups in total.